The Morgan fingerprint density at radius 3 is 2.50 bits per heavy atom. The van der Waals surface area contributed by atoms with Crippen molar-refractivity contribution in [1.82, 2.24) is 5.32 Å². The number of nitrogens with zero attached hydrogens (tertiary/aromatic N) is 1. The molecule has 46 heavy (non-hydrogen) atoms. The van der Waals surface area contributed by atoms with Crippen molar-refractivity contribution in [3.05, 3.63) is 69.3 Å². The number of ether oxygens (including phenoxy) is 1. The lowest BCUT2D eigenvalue weighted by Crippen LogP contribution is -2.69. The predicted molar refractivity (Wildman–Crippen MR) is 156 cm³/mol. The van der Waals surface area contributed by atoms with Crippen molar-refractivity contribution in [2.24, 2.45) is 22.7 Å². The number of fused-ring (bicyclic) bond motifs is 5. The SMILES string of the molecule is C[C@]12C=CC(=O)C=C1CC[C@H]1[C@@H]3C[C@@H](O)[C@](O)(C(=O)COC(=O)CNC(=O)c4ccc(CCO[N+](=O)[O-])cc4)[C@@]3(C)C[C@H](O)[C@@]12F. The van der Waals surface area contributed by atoms with E-state index in [1.54, 1.807) is 19.1 Å². The molecule has 0 spiro atoms. The summed E-state index contributed by atoms with van der Waals surface area (Å²) >= 11 is 0. The standard InChI is InChI=1S/C32H37FN2O11/c1-29-11-9-21(36)13-20(29)7-8-22-23-14-24(37)32(42,30(23,2)15-25(38)31(22,29)33)26(39)17-45-27(40)16-34-28(41)19-5-3-18(4-6-19)10-12-46-35(43)44/h3-6,9,11,13,22-25,37-38,42H,7-8,10,12,14-17H2,1-2H3,(H,34,41)/t22-,23-,24+,25-,29-,30-,31-,32-/m0/s1. The highest BCUT2D eigenvalue weighted by molar-refractivity contribution is 6.01. The average molecular weight is 645 g/mol. The maximum Gasteiger partial charge on any atom is 0.325 e. The molecule has 3 fully saturated rings. The van der Waals surface area contributed by atoms with Crippen molar-refractivity contribution in [1.29, 1.82) is 0 Å². The highest BCUT2D eigenvalue weighted by atomic mass is 19.1. The van der Waals surface area contributed by atoms with Crippen LogP contribution >= 0.6 is 0 Å². The molecular weight excluding hydrogens is 607 g/mol. The lowest BCUT2D eigenvalue weighted by molar-refractivity contribution is -0.757. The molecule has 0 aromatic heterocycles. The van der Waals surface area contributed by atoms with Gasteiger partial charge in [0.15, 0.2) is 23.7 Å². The van der Waals surface area contributed by atoms with Crippen LogP contribution in [0.25, 0.3) is 0 Å². The summed E-state index contributed by atoms with van der Waals surface area (Å²) in [7, 11) is 0. The first-order chi connectivity index (χ1) is 21.6. The first-order valence-corrected chi connectivity index (χ1v) is 15.1. The molecule has 4 aliphatic rings. The summed E-state index contributed by atoms with van der Waals surface area (Å²) in [5, 5.41) is 45.9. The molecule has 4 N–H and O–H groups in total. The van der Waals surface area contributed by atoms with Gasteiger partial charge in [0.1, 0.15) is 13.2 Å². The van der Waals surface area contributed by atoms with Crippen LogP contribution < -0.4 is 5.32 Å². The van der Waals surface area contributed by atoms with E-state index in [-0.39, 0.29) is 43.6 Å². The number of aliphatic hydroxyl groups is 3. The Hall–Kier alpha value is -4.01. The van der Waals surface area contributed by atoms with Gasteiger partial charge in [-0.3, -0.25) is 19.2 Å². The molecule has 248 valence electrons. The monoisotopic (exact) mass is 644 g/mol. The number of halogens is 1. The highest BCUT2D eigenvalue weighted by Crippen LogP contribution is 2.69. The third kappa shape index (κ3) is 5.21. The summed E-state index contributed by atoms with van der Waals surface area (Å²) in [5.41, 5.74) is -5.97. The van der Waals surface area contributed by atoms with Gasteiger partial charge in [-0.25, -0.2) is 4.39 Å². The van der Waals surface area contributed by atoms with Crippen molar-refractivity contribution >= 4 is 23.4 Å². The van der Waals surface area contributed by atoms with Gasteiger partial charge in [0.2, 0.25) is 5.78 Å². The van der Waals surface area contributed by atoms with Crippen LogP contribution in [0.15, 0.2) is 48.1 Å². The number of ketones is 2. The number of alkyl halides is 1. The minimum Gasteiger partial charge on any atom is -0.456 e. The fraction of sp³-hybridized carbons (Fsp3) is 0.562. The average Bonchev–Trinajstić information content (AvgIpc) is 3.21. The maximum absolute atomic E-state index is 17.2. The van der Waals surface area contributed by atoms with Crippen LogP contribution in [0.4, 0.5) is 4.39 Å². The van der Waals surface area contributed by atoms with Gasteiger partial charge >= 0.3 is 5.97 Å². The largest absolute Gasteiger partial charge is 0.456 e. The maximum atomic E-state index is 17.2. The lowest BCUT2D eigenvalue weighted by atomic mass is 9.44. The van der Waals surface area contributed by atoms with Crippen LogP contribution in [0.3, 0.4) is 0 Å². The van der Waals surface area contributed by atoms with Crippen LogP contribution in [-0.2, 0) is 30.4 Å². The number of carbonyl (C=O) groups is 4. The van der Waals surface area contributed by atoms with Crippen molar-refractivity contribution in [3.63, 3.8) is 0 Å². The molecular formula is C32H37FN2O11. The molecule has 0 radical (unpaired) electrons. The number of aliphatic hydroxyl groups excluding tert-OH is 2. The number of hydrogen-bond acceptors (Lipinski definition) is 11. The van der Waals surface area contributed by atoms with Crippen molar-refractivity contribution in [3.8, 4) is 0 Å². The van der Waals surface area contributed by atoms with Gasteiger partial charge < -0.3 is 30.2 Å². The first kappa shape index (κ1) is 33.4. The number of rotatable bonds is 10. The number of nitrogens with one attached hydrogen (secondary N) is 1. The Morgan fingerprint density at radius 1 is 1.13 bits per heavy atom. The predicted octanol–water partition coefficient (Wildman–Crippen LogP) is 1.35. The van der Waals surface area contributed by atoms with Gasteiger partial charge in [0, 0.05) is 22.3 Å². The number of Topliss-reactive ketones (excluding diaryl/α,β-unsaturated/α-hetero) is 1. The highest BCUT2D eigenvalue weighted by Gasteiger charge is 2.76. The normalized spacial score (nSPS) is 36.0. The summed E-state index contributed by atoms with van der Waals surface area (Å²) in [6.45, 7) is 1.48. The van der Waals surface area contributed by atoms with Crippen molar-refractivity contribution < 1.29 is 53.5 Å². The summed E-state index contributed by atoms with van der Waals surface area (Å²) in [6, 6.07) is 6.06. The van der Waals surface area contributed by atoms with E-state index >= 15 is 4.39 Å². The summed E-state index contributed by atoms with van der Waals surface area (Å²) in [4.78, 5) is 64.9. The third-order valence-corrected chi connectivity index (χ3v) is 10.8. The minimum absolute atomic E-state index is 0.120. The van der Waals surface area contributed by atoms with E-state index < -0.39 is 82.0 Å². The molecule has 0 unspecified atom stereocenters. The lowest BCUT2D eigenvalue weighted by Gasteiger charge is -2.62. The van der Waals surface area contributed by atoms with E-state index in [0.717, 1.165) is 0 Å². The summed E-state index contributed by atoms with van der Waals surface area (Å²) in [6.07, 6.45) is 1.27. The van der Waals surface area contributed by atoms with Crippen molar-refractivity contribution in [2.45, 2.75) is 69.4 Å². The number of esters is 1. The molecule has 0 saturated heterocycles. The molecule has 8 atom stereocenters. The quantitative estimate of drug-likeness (QED) is 0.163. The van der Waals surface area contributed by atoms with Gasteiger partial charge in [-0.05, 0) is 74.8 Å². The number of allylic oxidation sites excluding steroid dienone is 4. The molecule has 0 heterocycles. The van der Waals surface area contributed by atoms with Gasteiger partial charge in [0.25, 0.3) is 11.0 Å². The van der Waals surface area contributed by atoms with Crippen LogP contribution in [0.1, 0.15) is 55.5 Å². The second kappa shape index (κ2) is 12.0. The van der Waals surface area contributed by atoms with Crippen LogP contribution in [0.2, 0.25) is 0 Å². The number of benzene rings is 1. The van der Waals surface area contributed by atoms with E-state index in [1.165, 1.54) is 37.3 Å². The molecule has 3 saturated carbocycles. The first-order valence-electron chi connectivity index (χ1n) is 15.1. The van der Waals surface area contributed by atoms with Gasteiger partial charge in [0.05, 0.1) is 12.2 Å². The minimum atomic E-state index is -2.45. The van der Waals surface area contributed by atoms with E-state index in [1.807, 2.05) is 0 Å². The fourth-order valence-electron chi connectivity index (χ4n) is 8.35. The van der Waals surface area contributed by atoms with Crippen molar-refractivity contribution in [2.75, 3.05) is 19.8 Å². The van der Waals surface area contributed by atoms with Crippen LogP contribution in [0.5, 0.6) is 0 Å². The Balaban J connectivity index is 1.21. The Kier molecular flexibility index (Phi) is 8.68. The molecule has 13 nitrogen and oxygen atoms in total. The Morgan fingerprint density at radius 2 is 1.83 bits per heavy atom. The van der Waals surface area contributed by atoms with Crippen LogP contribution in [0, 0.1) is 32.8 Å². The zero-order valence-electron chi connectivity index (χ0n) is 25.4. The fourth-order valence-corrected chi connectivity index (χ4v) is 8.35. The van der Waals surface area contributed by atoms with E-state index in [2.05, 4.69) is 10.2 Å². The number of amides is 1. The van der Waals surface area contributed by atoms with E-state index in [9.17, 15) is 44.6 Å². The number of hydrogen-bond donors (Lipinski definition) is 4. The smallest absolute Gasteiger partial charge is 0.325 e. The zero-order valence-corrected chi connectivity index (χ0v) is 25.4. The number of carbonyl (C=O) groups excluding carboxylic acids is 4. The van der Waals surface area contributed by atoms with E-state index in [4.69, 9.17) is 4.74 Å². The summed E-state index contributed by atoms with van der Waals surface area (Å²) < 4.78 is 22.3. The van der Waals surface area contributed by atoms with Gasteiger partial charge in [-0.2, -0.15) is 0 Å². The molecule has 14 heteroatoms. The van der Waals surface area contributed by atoms with Crippen LogP contribution in [-0.4, -0.2) is 87.1 Å². The molecule has 0 aliphatic heterocycles. The molecule has 4 aliphatic carbocycles. The molecule has 1 aromatic rings. The van der Waals surface area contributed by atoms with E-state index in [0.29, 0.717) is 17.6 Å². The second-order valence-corrected chi connectivity index (χ2v) is 13.1. The Bertz CT molecular complexity index is 1510. The van der Waals surface area contributed by atoms with Gasteiger partial charge in [-0.1, -0.05) is 30.7 Å². The molecule has 1 amide bonds. The topological polar surface area (TPSA) is 203 Å². The molecule has 1 aromatic carbocycles. The zero-order chi connectivity index (χ0) is 33.7. The second-order valence-electron chi connectivity index (χ2n) is 13.1. The third-order valence-electron chi connectivity index (χ3n) is 10.8. The summed E-state index contributed by atoms with van der Waals surface area (Å²) in [5.74, 6) is -4.44. The van der Waals surface area contributed by atoms with Gasteiger partial charge in [-0.15, -0.1) is 10.1 Å². The molecule has 0 bridgehead atoms. The molecule has 5 rings (SSSR count). The Labute approximate surface area is 263 Å².